The third-order valence-electron chi connectivity index (χ3n) is 4.13. The largest absolute Gasteiger partial charge is 0.573 e. The highest BCUT2D eigenvalue weighted by atomic mass is 19.4. The van der Waals surface area contributed by atoms with Crippen LogP contribution in [0.1, 0.15) is 12.5 Å². The van der Waals surface area contributed by atoms with Gasteiger partial charge in [-0.15, -0.1) is 13.2 Å². The van der Waals surface area contributed by atoms with E-state index in [2.05, 4.69) is 10.1 Å². The van der Waals surface area contributed by atoms with Gasteiger partial charge in [-0.1, -0.05) is 18.2 Å². The van der Waals surface area contributed by atoms with Crippen molar-refractivity contribution in [1.29, 1.82) is 0 Å². The lowest BCUT2D eigenvalue weighted by Crippen LogP contribution is -2.41. The van der Waals surface area contributed by atoms with E-state index < -0.39 is 12.4 Å². The first-order valence-corrected chi connectivity index (χ1v) is 7.85. The van der Waals surface area contributed by atoms with Crippen molar-refractivity contribution in [2.24, 2.45) is 0 Å². The van der Waals surface area contributed by atoms with Crippen LogP contribution in [0.15, 0.2) is 48.5 Å². The molecule has 1 aliphatic rings. The Hall–Kier alpha value is -2.70. The summed E-state index contributed by atoms with van der Waals surface area (Å²) < 4.78 is 40.3. The van der Waals surface area contributed by atoms with Crippen LogP contribution in [0.4, 0.5) is 24.5 Å². The average Bonchev–Trinajstić information content (AvgIpc) is 2.98. The van der Waals surface area contributed by atoms with E-state index in [1.807, 2.05) is 29.2 Å². The van der Waals surface area contributed by atoms with Crippen LogP contribution in [0.3, 0.4) is 0 Å². The summed E-state index contributed by atoms with van der Waals surface area (Å²) in [5.41, 5.74) is 2.66. The number of nitrogens with zero attached hydrogens (tertiary/aromatic N) is 1. The second kappa shape index (κ2) is 6.66. The first-order valence-electron chi connectivity index (χ1n) is 7.85. The number of carbonyl (C=O) groups is 1. The molecule has 1 heterocycles. The van der Waals surface area contributed by atoms with Gasteiger partial charge in [0.05, 0.1) is 0 Å². The summed E-state index contributed by atoms with van der Waals surface area (Å²) >= 11 is 0. The Morgan fingerprint density at radius 3 is 2.52 bits per heavy atom. The number of ether oxygens (including phenoxy) is 1. The average molecular weight is 350 g/mol. The number of anilines is 2. The topological polar surface area (TPSA) is 41.6 Å². The van der Waals surface area contributed by atoms with Gasteiger partial charge in [0.25, 0.3) is 0 Å². The van der Waals surface area contributed by atoms with E-state index in [4.69, 9.17) is 0 Å². The summed E-state index contributed by atoms with van der Waals surface area (Å²) in [7, 11) is 0. The van der Waals surface area contributed by atoms with E-state index in [-0.39, 0.29) is 11.7 Å². The molecule has 0 aromatic heterocycles. The highest BCUT2D eigenvalue weighted by molar-refractivity contribution is 5.97. The molecule has 0 aliphatic carbocycles. The first-order chi connectivity index (χ1) is 11.8. The van der Waals surface area contributed by atoms with Gasteiger partial charge in [-0.3, -0.25) is 4.79 Å². The standard InChI is InChI=1S/C18H17F3N2O2/c1-12(23-11-10-13-4-2-3-5-16(13)23)17(24)22-14-6-8-15(9-7-14)25-18(19,20)21/h2-9,12H,10-11H2,1H3,(H,22,24)/t12-/m1/s1. The van der Waals surface area contributed by atoms with Crippen molar-refractivity contribution in [3.05, 3.63) is 54.1 Å². The Morgan fingerprint density at radius 2 is 1.84 bits per heavy atom. The summed E-state index contributed by atoms with van der Waals surface area (Å²) in [5.74, 6) is -0.548. The van der Waals surface area contributed by atoms with Gasteiger partial charge in [-0.25, -0.2) is 0 Å². The predicted octanol–water partition coefficient (Wildman–Crippen LogP) is 3.97. The maximum Gasteiger partial charge on any atom is 0.573 e. The van der Waals surface area contributed by atoms with Crippen LogP contribution in [0.2, 0.25) is 0 Å². The molecular formula is C18H17F3N2O2. The third kappa shape index (κ3) is 4.04. The zero-order valence-electron chi connectivity index (χ0n) is 13.5. The van der Waals surface area contributed by atoms with Crippen LogP contribution >= 0.6 is 0 Å². The molecule has 2 aromatic rings. The zero-order valence-corrected chi connectivity index (χ0v) is 13.5. The monoisotopic (exact) mass is 350 g/mol. The van der Waals surface area contributed by atoms with Crippen LogP contribution in [-0.2, 0) is 11.2 Å². The number of alkyl halides is 3. The fourth-order valence-corrected chi connectivity index (χ4v) is 2.89. The number of carbonyl (C=O) groups excluding carboxylic acids is 1. The van der Waals surface area contributed by atoms with Crippen molar-refractivity contribution in [3.8, 4) is 5.75 Å². The van der Waals surface area contributed by atoms with Crippen LogP contribution in [-0.4, -0.2) is 24.9 Å². The predicted molar refractivity (Wildman–Crippen MR) is 88.7 cm³/mol. The summed E-state index contributed by atoms with van der Waals surface area (Å²) in [4.78, 5) is 14.5. The zero-order chi connectivity index (χ0) is 18.0. The molecule has 0 saturated heterocycles. The minimum absolute atomic E-state index is 0.221. The van der Waals surface area contributed by atoms with E-state index in [1.165, 1.54) is 29.8 Å². The van der Waals surface area contributed by atoms with Crippen molar-refractivity contribution in [2.45, 2.75) is 25.7 Å². The van der Waals surface area contributed by atoms with Gasteiger partial charge in [-0.2, -0.15) is 0 Å². The van der Waals surface area contributed by atoms with Gasteiger partial charge < -0.3 is 15.0 Å². The molecule has 0 spiro atoms. The van der Waals surface area contributed by atoms with Gasteiger partial charge in [0.15, 0.2) is 0 Å². The smallest absolute Gasteiger partial charge is 0.406 e. The number of hydrogen-bond acceptors (Lipinski definition) is 3. The fraction of sp³-hybridized carbons (Fsp3) is 0.278. The fourth-order valence-electron chi connectivity index (χ4n) is 2.89. The van der Waals surface area contributed by atoms with Crippen molar-refractivity contribution >= 4 is 17.3 Å². The molecule has 1 atom stereocenters. The van der Waals surface area contributed by atoms with Crippen molar-refractivity contribution in [2.75, 3.05) is 16.8 Å². The SMILES string of the molecule is C[C@H](C(=O)Nc1ccc(OC(F)(F)F)cc1)N1CCc2ccccc21. The molecule has 1 aliphatic heterocycles. The van der Waals surface area contributed by atoms with Crippen molar-refractivity contribution in [3.63, 3.8) is 0 Å². The molecule has 1 N–H and O–H groups in total. The second-order valence-corrected chi connectivity index (χ2v) is 5.81. The molecule has 2 aromatic carbocycles. The molecule has 0 bridgehead atoms. The Morgan fingerprint density at radius 1 is 1.16 bits per heavy atom. The van der Waals surface area contributed by atoms with Gasteiger partial charge in [0.1, 0.15) is 11.8 Å². The van der Waals surface area contributed by atoms with E-state index in [0.717, 1.165) is 18.7 Å². The van der Waals surface area contributed by atoms with Gasteiger partial charge >= 0.3 is 6.36 Å². The number of halogens is 3. The molecule has 0 fully saturated rings. The van der Waals surface area contributed by atoms with E-state index in [0.29, 0.717) is 5.69 Å². The highest BCUT2D eigenvalue weighted by Gasteiger charge is 2.31. The Balaban J connectivity index is 1.64. The molecule has 3 rings (SSSR count). The molecular weight excluding hydrogens is 333 g/mol. The van der Waals surface area contributed by atoms with E-state index in [9.17, 15) is 18.0 Å². The Labute approximate surface area is 143 Å². The first kappa shape index (κ1) is 17.1. The molecule has 4 nitrogen and oxygen atoms in total. The van der Waals surface area contributed by atoms with E-state index >= 15 is 0 Å². The number of hydrogen-bond donors (Lipinski definition) is 1. The number of fused-ring (bicyclic) bond motifs is 1. The van der Waals surface area contributed by atoms with Crippen molar-refractivity contribution in [1.82, 2.24) is 0 Å². The lowest BCUT2D eigenvalue weighted by molar-refractivity contribution is -0.274. The summed E-state index contributed by atoms with van der Waals surface area (Å²) in [5, 5.41) is 2.72. The van der Waals surface area contributed by atoms with Crippen LogP contribution < -0.4 is 15.0 Å². The highest BCUT2D eigenvalue weighted by Crippen LogP contribution is 2.29. The lowest BCUT2D eigenvalue weighted by Gasteiger charge is -2.26. The maximum absolute atomic E-state index is 12.5. The number of rotatable bonds is 4. The number of benzene rings is 2. The molecule has 0 radical (unpaired) electrons. The Bertz CT molecular complexity index is 760. The third-order valence-corrected chi connectivity index (χ3v) is 4.13. The molecule has 25 heavy (non-hydrogen) atoms. The minimum Gasteiger partial charge on any atom is -0.406 e. The molecule has 1 amide bonds. The maximum atomic E-state index is 12.5. The summed E-state index contributed by atoms with van der Waals surface area (Å²) in [6.07, 6.45) is -3.85. The normalized spacial score (nSPS) is 14.8. The molecule has 132 valence electrons. The number of nitrogens with one attached hydrogen (secondary N) is 1. The molecule has 7 heteroatoms. The Kier molecular flexibility index (Phi) is 4.57. The van der Waals surface area contributed by atoms with Crippen LogP contribution in [0.5, 0.6) is 5.75 Å². The van der Waals surface area contributed by atoms with Crippen LogP contribution in [0.25, 0.3) is 0 Å². The lowest BCUT2D eigenvalue weighted by atomic mass is 10.1. The quantitative estimate of drug-likeness (QED) is 0.907. The van der Waals surface area contributed by atoms with Gasteiger partial charge in [-0.05, 0) is 49.2 Å². The van der Waals surface area contributed by atoms with Crippen LogP contribution in [0, 0.1) is 0 Å². The second-order valence-electron chi connectivity index (χ2n) is 5.81. The molecule has 0 saturated carbocycles. The molecule has 0 unspecified atom stereocenters. The van der Waals surface area contributed by atoms with Crippen molar-refractivity contribution < 1.29 is 22.7 Å². The number of amides is 1. The minimum atomic E-state index is -4.73. The summed E-state index contributed by atoms with van der Waals surface area (Å²) in [6.45, 7) is 2.56. The van der Waals surface area contributed by atoms with Gasteiger partial charge in [0, 0.05) is 17.9 Å². The van der Waals surface area contributed by atoms with Gasteiger partial charge in [0.2, 0.25) is 5.91 Å². The van der Waals surface area contributed by atoms with E-state index in [1.54, 1.807) is 6.92 Å². The summed E-state index contributed by atoms with van der Waals surface area (Å²) in [6, 6.07) is 12.6. The number of para-hydroxylation sites is 1.